The molecule has 0 saturated heterocycles. The number of fused-ring (bicyclic) bond motifs is 1. The summed E-state index contributed by atoms with van der Waals surface area (Å²) in [5, 5.41) is 23.4. The second-order valence-electron chi connectivity index (χ2n) is 9.94. The van der Waals surface area contributed by atoms with Crippen molar-refractivity contribution in [1.82, 2.24) is 9.78 Å². The van der Waals surface area contributed by atoms with Crippen molar-refractivity contribution in [3.63, 3.8) is 0 Å². The maximum atomic E-state index is 13.1. The SMILES string of the molecule is C=c1[nH]n(-c2ccccc2)c(=O)c1=Cc1ccc2c(c1)CCCN2c1ccc(C=Cc2ccc(O)c(O)c2)cc1. The molecular formula is C34H29N3O3. The molecule has 0 atom stereocenters. The number of para-hydroxylation sites is 1. The van der Waals surface area contributed by atoms with E-state index < -0.39 is 0 Å². The number of hydrogen-bond donors (Lipinski definition) is 3. The van der Waals surface area contributed by atoms with E-state index in [0.717, 1.165) is 47.5 Å². The van der Waals surface area contributed by atoms with E-state index in [1.54, 1.807) is 6.07 Å². The first-order chi connectivity index (χ1) is 19.5. The Bertz CT molecular complexity index is 1880. The molecule has 1 aliphatic heterocycles. The number of phenols is 2. The quantitative estimate of drug-likeness (QED) is 0.220. The lowest BCUT2D eigenvalue weighted by Crippen LogP contribution is -2.34. The monoisotopic (exact) mass is 527 g/mol. The molecule has 0 saturated carbocycles. The molecule has 0 spiro atoms. The standard InChI is InChI=1S/C34H29N3O3/c1-23-30(34(40)37(35-23)29-7-3-2-4-8-29)21-26-13-17-31-27(20-26)6-5-19-36(31)28-15-11-24(12-16-28)9-10-25-14-18-32(38)33(39)22-25/h2-4,7-18,20-22,35,38-39H,1,5-6,19H2. The number of aromatic amines is 1. The lowest BCUT2D eigenvalue weighted by molar-refractivity contribution is 0.403. The maximum absolute atomic E-state index is 13.1. The zero-order chi connectivity index (χ0) is 27.6. The molecule has 40 heavy (non-hydrogen) atoms. The molecule has 6 rings (SSSR count). The molecule has 3 N–H and O–H groups in total. The van der Waals surface area contributed by atoms with Gasteiger partial charge in [0, 0.05) is 17.9 Å². The topological polar surface area (TPSA) is 81.5 Å². The lowest BCUT2D eigenvalue weighted by Gasteiger charge is -2.31. The van der Waals surface area contributed by atoms with Crippen LogP contribution in [0.15, 0.2) is 95.8 Å². The van der Waals surface area contributed by atoms with Crippen LogP contribution in [-0.2, 0) is 6.42 Å². The van der Waals surface area contributed by atoms with E-state index in [1.165, 1.54) is 28.1 Å². The van der Waals surface area contributed by atoms with Gasteiger partial charge >= 0.3 is 0 Å². The van der Waals surface area contributed by atoms with Crippen molar-refractivity contribution in [3.8, 4) is 17.2 Å². The highest BCUT2D eigenvalue weighted by Gasteiger charge is 2.18. The van der Waals surface area contributed by atoms with E-state index >= 15 is 0 Å². The first-order valence-electron chi connectivity index (χ1n) is 13.2. The number of aromatic hydroxyl groups is 2. The van der Waals surface area contributed by atoms with Crippen molar-refractivity contribution < 1.29 is 10.2 Å². The van der Waals surface area contributed by atoms with E-state index in [0.29, 0.717) is 10.6 Å². The minimum absolute atomic E-state index is 0.119. The van der Waals surface area contributed by atoms with Crippen LogP contribution >= 0.6 is 0 Å². The van der Waals surface area contributed by atoms with Gasteiger partial charge in [0.25, 0.3) is 5.56 Å². The van der Waals surface area contributed by atoms with Gasteiger partial charge in [-0.25, -0.2) is 4.68 Å². The number of benzene rings is 4. The summed E-state index contributed by atoms with van der Waals surface area (Å²) in [4.78, 5) is 15.5. The summed E-state index contributed by atoms with van der Waals surface area (Å²) in [6.45, 7) is 5.00. The van der Waals surface area contributed by atoms with Gasteiger partial charge in [-0.2, -0.15) is 0 Å². The van der Waals surface area contributed by atoms with Gasteiger partial charge in [0.15, 0.2) is 11.5 Å². The van der Waals surface area contributed by atoms with E-state index in [2.05, 4.69) is 59.0 Å². The zero-order valence-electron chi connectivity index (χ0n) is 21.9. The summed E-state index contributed by atoms with van der Waals surface area (Å²) in [6, 6.07) is 29.0. The van der Waals surface area contributed by atoms with Crippen molar-refractivity contribution in [2.45, 2.75) is 12.8 Å². The Balaban J connectivity index is 1.25. The summed E-state index contributed by atoms with van der Waals surface area (Å²) in [6.07, 6.45) is 7.81. The third kappa shape index (κ3) is 4.95. The van der Waals surface area contributed by atoms with E-state index in [-0.39, 0.29) is 17.1 Å². The summed E-state index contributed by atoms with van der Waals surface area (Å²) in [5.41, 5.74) is 7.02. The highest BCUT2D eigenvalue weighted by Crippen LogP contribution is 2.34. The van der Waals surface area contributed by atoms with Gasteiger partial charge in [0.2, 0.25) is 0 Å². The molecule has 0 radical (unpaired) electrons. The fourth-order valence-electron chi connectivity index (χ4n) is 5.15. The maximum Gasteiger partial charge on any atom is 0.279 e. The fraction of sp³-hybridized carbons (Fsp3) is 0.0882. The molecule has 198 valence electrons. The number of aryl methyl sites for hydroxylation is 1. The van der Waals surface area contributed by atoms with E-state index in [1.807, 2.05) is 48.6 Å². The van der Waals surface area contributed by atoms with Crippen LogP contribution < -0.4 is 21.0 Å². The van der Waals surface area contributed by atoms with Gasteiger partial charge in [-0.1, -0.05) is 61.2 Å². The van der Waals surface area contributed by atoms with Crippen LogP contribution in [0.3, 0.4) is 0 Å². The summed E-state index contributed by atoms with van der Waals surface area (Å²) in [5.74, 6) is -0.262. The third-order valence-electron chi connectivity index (χ3n) is 7.23. The van der Waals surface area contributed by atoms with Crippen molar-refractivity contribution >= 4 is 36.2 Å². The Hall–Kier alpha value is -5.23. The summed E-state index contributed by atoms with van der Waals surface area (Å²) < 4.78 is 1.53. The molecule has 0 fully saturated rings. The number of nitrogens with one attached hydrogen (secondary N) is 1. The molecule has 4 aromatic carbocycles. The largest absolute Gasteiger partial charge is 0.504 e. The first-order valence-corrected chi connectivity index (χ1v) is 13.2. The molecule has 0 aliphatic carbocycles. The predicted octanol–water partition coefficient (Wildman–Crippen LogP) is 5.07. The Kier molecular flexibility index (Phi) is 6.58. The molecule has 0 bridgehead atoms. The van der Waals surface area contributed by atoms with Gasteiger partial charge in [0.1, 0.15) is 0 Å². The molecule has 6 nitrogen and oxygen atoms in total. The Labute approximate surface area is 231 Å². The van der Waals surface area contributed by atoms with Crippen molar-refractivity contribution in [1.29, 1.82) is 0 Å². The number of rotatable bonds is 5. The molecule has 0 unspecified atom stereocenters. The minimum Gasteiger partial charge on any atom is -0.504 e. The number of aromatic nitrogens is 2. The van der Waals surface area contributed by atoms with Gasteiger partial charge in [0.05, 0.1) is 16.3 Å². The molecule has 1 aromatic heterocycles. The van der Waals surface area contributed by atoms with Crippen LogP contribution in [0.1, 0.15) is 28.7 Å². The number of H-pyrrole nitrogens is 1. The summed E-state index contributed by atoms with van der Waals surface area (Å²) >= 11 is 0. The normalized spacial score (nSPS) is 13.6. The second kappa shape index (κ2) is 10.5. The second-order valence-corrected chi connectivity index (χ2v) is 9.94. The Morgan fingerprint density at radius 2 is 1.50 bits per heavy atom. The van der Waals surface area contributed by atoms with Crippen LogP contribution in [0.25, 0.3) is 30.5 Å². The molecule has 1 aliphatic rings. The van der Waals surface area contributed by atoms with Gasteiger partial charge in [-0.3, -0.25) is 9.89 Å². The average Bonchev–Trinajstić information content (AvgIpc) is 3.26. The number of phenolic OH excluding ortho intramolecular Hbond substituents is 2. The zero-order valence-corrected chi connectivity index (χ0v) is 21.9. The predicted molar refractivity (Wildman–Crippen MR) is 162 cm³/mol. The lowest BCUT2D eigenvalue weighted by atomic mass is 9.98. The van der Waals surface area contributed by atoms with E-state index in [9.17, 15) is 15.0 Å². The number of hydrogen-bond acceptors (Lipinski definition) is 4. The Morgan fingerprint density at radius 3 is 2.27 bits per heavy atom. The summed E-state index contributed by atoms with van der Waals surface area (Å²) in [7, 11) is 0. The van der Waals surface area contributed by atoms with Gasteiger partial charge in [-0.05, 0) is 89.7 Å². The molecular weight excluding hydrogens is 498 g/mol. The van der Waals surface area contributed by atoms with Crippen LogP contribution in [0.5, 0.6) is 11.5 Å². The van der Waals surface area contributed by atoms with Crippen molar-refractivity contribution in [3.05, 3.63) is 134 Å². The fourth-order valence-corrected chi connectivity index (χ4v) is 5.15. The van der Waals surface area contributed by atoms with Crippen molar-refractivity contribution in [2.75, 3.05) is 11.4 Å². The highest BCUT2D eigenvalue weighted by molar-refractivity contribution is 5.74. The number of anilines is 2. The van der Waals surface area contributed by atoms with E-state index in [4.69, 9.17) is 0 Å². The highest BCUT2D eigenvalue weighted by atomic mass is 16.3. The Morgan fingerprint density at radius 1 is 0.775 bits per heavy atom. The molecule has 5 aromatic rings. The molecule has 2 heterocycles. The molecule has 0 amide bonds. The van der Waals surface area contributed by atoms with Crippen LogP contribution in [0, 0.1) is 0 Å². The van der Waals surface area contributed by atoms with Gasteiger partial charge < -0.3 is 15.1 Å². The van der Waals surface area contributed by atoms with Crippen LogP contribution in [0.2, 0.25) is 0 Å². The molecule has 6 heteroatoms. The smallest absolute Gasteiger partial charge is 0.279 e. The van der Waals surface area contributed by atoms with Gasteiger partial charge in [-0.15, -0.1) is 0 Å². The van der Waals surface area contributed by atoms with Crippen LogP contribution in [0.4, 0.5) is 11.4 Å². The van der Waals surface area contributed by atoms with Crippen LogP contribution in [-0.4, -0.2) is 26.5 Å². The average molecular weight is 528 g/mol. The first kappa shape index (κ1) is 25.1. The minimum atomic E-state index is -0.133. The number of nitrogens with zero attached hydrogens (tertiary/aromatic N) is 2. The third-order valence-corrected chi connectivity index (χ3v) is 7.23. The van der Waals surface area contributed by atoms with Crippen molar-refractivity contribution in [2.24, 2.45) is 0 Å².